The molecule has 0 spiro atoms. The average Bonchev–Trinajstić information content (AvgIpc) is 2.44. The molecule has 0 aliphatic rings. The molecular weight excluding hydrogens is 244 g/mol. The molecule has 0 fully saturated rings. The van der Waals surface area contributed by atoms with Crippen LogP contribution in [-0.2, 0) is 9.53 Å². The summed E-state index contributed by atoms with van der Waals surface area (Å²) in [6, 6.07) is 7.41. The summed E-state index contributed by atoms with van der Waals surface area (Å²) in [6.07, 6.45) is 1.69. The van der Waals surface area contributed by atoms with Crippen LogP contribution in [0.25, 0.3) is 0 Å². The molecule has 1 rings (SSSR count). The Morgan fingerprint density at radius 1 is 1.37 bits per heavy atom. The second kappa shape index (κ2) is 8.99. The summed E-state index contributed by atoms with van der Waals surface area (Å²) in [5.41, 5.74) is 0.868. The van der Waals surface area contributed by atoms with Gasteiger partial charge in [0, 0.05) is 19.3 Å². The molecular formula is C14H20N2O3. The van der Waals surface area contributed by atoms with Gasteiger partial charge in [0.2, 0.25) is 5.91 Å². The number of nitrogens with one attached hydrogen (secondary N) is 2. The number of benzene rings is 1. The molecule has 0 heterocycles. The van der Waals surface area contributed by atoms with Gasteiger partial charge in [0.15, 0.2) is 0 Å². The predicted octanol–water partition coefficient (Wildman–Crippen LogP) is 1.43. The molecule has 1 amide bonds. The number of amides is 1. The quantitative estimate of drug-likeness (QED) is 0.523. The molecule has 0 aliphatic carbocycles. The Labute approximate surface area is 113 Å². The van der Waals surface area contributed by atoms with E-state index in [-0.39, 0.29) is 12.5 Å². The van der Waals surface area contributed by atoms with E-state index in [1.165, 1.54) is 0 Å². The summed E-state index contributed by atoms with van der Waals surface area (Å²) < 4.78 is 10.2. The number of hydrogen-bond donors (Lipinski definition) is 2. The first-order valence-corrected chi connectivity index (χ1v) is 6.09. The van der Waals surface area contributed by atoms with Crippen molar-refractivity contribution in [2.24, 2.45) is 0 Å². The SMILES string of the molecule is C=CCOc1ccc(NCC(=O)NCCOC)cc1. The highest BCUT2D eigenvalue weighted by molar-refractivity contribution is 5.80. The summed E-state index contributed by atoms with van der Waals surface area (Å²) in [5.74, 6) is 0.707. The van der Waals surface area contributed by atoms with Crippen LogP contribution in [0.2, 0.25) is 0 Å². The third kappa shape index (κ3) is 6.47. The molecule has 5 heteroatoms. The summed E-state index contributed by atoms with van der Waals surface area (Å²) in [6.45, 7) is 5.33. The second-order valence-corrected chi connectivity index (χ2v) is 3.82. The molecule has 1 aromatic carbocycles. The fourth-order valence-corrected chi connectivity index (χ4v) is 1.36. The molecule has 0 unspecified atom stereocenters. The zero-order valence-corrected chi connectivity index (χ0v) is 11.1. The molecule has 19 heavy (non-hydrogen) atoms. The highest BCUT2D eigenvalue weighted by Gasteiger charge is 2.00. The second-order valence-electron chi connectivity index (χ2n) is 3.82. The van der Waals surface area contributed by atoms with E-state index in [1.54, 1.807) is 13.2 Å². The van der Waals surface area contributed by atoms with E-state index in [0.717, 1.165) is 11.4 Å². The number of ether oxygens (including phenoxy) is 2. The van der Waals surface area contributed by atoms with Gasteiger partial charge in [-0.1, -0.05) is 12.7 Å². The van der Waals surface area contributed by atoms with Gasteiger partial charge in [0.25, 0.3) is 0 Å². The third-order valence-electron chi connectivity index (χ3n) is 2.30. The van der Waals surface area contributed by atoms with E-state index in [9.17, 15) is 4.79 Å². The summed E-state index contributed by atoms with van der Waals surface area (Å²) in [5, 5.41) is 5.76. The number of anilines is 1. The van der Waals surface area contributed by atoms with E-state index in [0.29, 0.717) is 19.8 Å². The molecule has 0 atom stereocenters. The van der Waals surface area contributed by atoms with Crippen molar-refractivity contribution in [1.82, 2.24) is 5.32 Å². The van der Waals surface area contributed by atoms with Crippen LogP contribution >= 0.6 is 0 Å². The van der Waals surface area contributed by atoms with Gasteiger partial charge in [-0.05, 0) is 24.3 Å². The standard InChI is InChI=1S/C14H20N2O3/c1-3-9-19-13-6-4-12(5-7-13)16-11-14(17)15-8-10-18-2/h3-7,16H,1,8-11H2,2H3,(H,15,17). The number of carbonyl (C=O) groups excluding carboxylic acids is 1. The Kier molecular flexibility index (Phi) is 7.12. The Bertz CT molecular complexity index is 390. The van der Waals surface area contributed by atoms with Crippen molar-refractivity contribution in [3.63, 3.8) is 0 Å². The number of methoxy groups -OCH3 is 1. The van der Waals surface area contributed by atoms with Crippen LogP contribution in [0.3, 0.4) is 0 Å². The van der Waals surface area contributed by atoms with E-state index in [1.807, 2.05) is 24.3 Å². The van der Waals surface area contributed by atoms with Gasteiger partial charge < -0.3 is 20.1 Å². The van der Waals surface area contributed by atoms with Crippen molar-refractivity contribution in [1.29, 1.82) is 0 Å². The van der Waals surface area contributed by atoms with Crippen molar-refractivity contribution >= 4 is 11.6 Å². The largest absolute Gasteiger partial charge is 0.490 e. The van der Waals surface area contributed by atoms with Crippen LogP contribution in [-0.4, -0.2) is 39.3 Å². The maximum atomic E-state index is 11.4. The number of hydrogen-bond acceptors (Lipinski definition) is 4. The van der Waals surface area contributed by atoms with Crippen LogP contribution < -0.4 is 15.4 Å². The van der Waals surface area contributed by atoms with Crippen LogP contribution in [0, 0.1) is 0 Å². The fraction of sp³-hybridized carbons (Fsp3) is 0.357. The fourth-order valence-electron chi connectivity index (χ4n) is 1.36. The summed E-state index contributed by atoms with van der Waals surface area (Å²) >= 11 is 0. The minimum atomic E-state index is -0.0657. The number of rotatable bonds is 9. The van der Waals surface area contributed by atoms with Crippen molar-refractivity contribution < 1.29 is 14.3 Å². The van der Waals surface area contributed by atoms with E-state index in [4.69, 9.17) is 9.47 Å². The zero-order valence-electron chi connectivity index (χ0n) is 11.1. The summed E-state index contributed by atoms with van der Waals surface area (Å²) in [7, 11) is 1.60. The third-order valence-corrected chi connectivity index (χ3v) is 2.30. The predicted molar refractivity (Wildman–Crippen MR) is 75.5 cm³/mol. The highest BCUT2D eigenvalue weighted by atomic mass is 16.5. The molecule has 2 N–H and O–H groups in total. The lowest BCUT2D eigenvalue weighted by Gasteiger charge is -2.08. The minimum Gasteiger partial charge on any atom is -0.490 e. The Morgan fingerprint density at radius 3 is 2.74 bits per heavy atom. The first-order valence-electron chi connectivity index (χ1n) is 6.09. The van der Waals surface area contributed by atoms with Gasteiger partial charge >= 0.3 is 0 Å². The topological polar surface area (TPSA) is 59.6 Å². The van der Waals surface area contributed by atoms with Gasteiger partial charge in [-0.3, -0.25) is 4.79 Å². The molecule has 0 bridgehead atoms. The minimum absolute atomic E-state index is 0.0657. The Morgan fingerprint density at radius 2 is 2.11 bits per heavy atom. The molecule has 1 aromatic rings. The van der Waals surface area contributed by atoms with Crippen molar-refractivity contribution in [2.75, 3.05) is 38.7 Å². The highest BCUT2D eigenvalue weighted by Crippen LogP contribution is 2.15. The van der Waals surface area contributed by atoms with E-state index >= 15 is 0 Å². The molecule has 5 nitrogen and oxygen atoms in total. The maximum absolute atomic E-state index is 11.4. The van der Waals surface area contributed by atoms with E-state index in [2.05, 4.69) is 17.2 Å². The normalized spacial score (nSPS) is 9.74. The van der Waals surface area contributed by atoms with Gasteiger partial charge in [-0.15, -0.1) is 0 Å². The smallest absolute Gasteiger partial charge is 0.239 e. The molecule has 0 aromatic heterocycles. The van der Waals surface area contributed by atoms with Crippen LogP contribution in [0.5, 0.6) is 5.75 Å². The molecule has 0 aliphatic heterocycles. The van der Waals surface area contributed by atoms with Crippen molar-refractivity contribution in [3.05, 3.63) is 36.9 Å². The zero-order chi connectivity index (χ0) is 13.9. The van der Waals surface area contributed by atoms with Crippen LogP contribution in [0.1, 0.15) is 0 Å². The summed E-state index contributed by atoms with van der Waals surface area (Å²) in [4.78, 5) is 11.4. The van der Waals surface area contributed by atoms with Gasteiger partial charge in [0.05, 0.1) is 13.2 Å². The van der Waals surface area contributed by atoms with Crippen LogP contribution in [0.4, 0.5) is 5.69 Å². The molecule has 0 radical (unpaired) electrons. The number of carbonyl (C=O) groups is 1. The van der Waals surface area contributed by atoms with Crippen molar-refractivity contribution in [3.8, 4) is 5.75 Å². The van der Waals surface area contributed by atoms with Crippen LogP contribution in [0.15, 0.2) is 36.9 Å². The van der Waals surface area contributed by atoms with Crippen molar-refractivity contribution in [2.45, 2.75) is 0 Å². The molecule has 104 valence electrons. The molecule has 0 saturated carbocycles. The van der Waals surface area contributed by atoms with E-state index < -0.39 is 0 Å². The Balaban J connectivity index is 2.29. The van der Waals surface area contributed by atoms with Gasteiger partial charge in [-0.25, -0.2) is 0 Å². The first-order chi connectivity index (χ1) is 9.26. The van der Waals surface area contributed by atoms with Gasteiger partial charge in [-0.2, -0.15) is 0 Å². The lowest BCUT2D eigenvalue weighted by molar-refractivity contribution is -0.119. The lowest BCUT2D eigenvalue weighted by Crippen LogP contribution is -2.32. The Hall–Kier alpha value is -2.01. The molecule has 0 saturated heterocycles. The lowest BCUT2D eigenvalue weighted by atomic mass is 10.3. The maximum Gasteiger partial charge on any atom is 0.239 e. The average molecular weight is 264 g/mol. The van der Waals surface area contributed by atoms with Gasteiger partial charge in [0.1, 0.15) is 12.4 Å². The monoisotopic (exact) mass is 264 g/mol. The first kappa shape index (κ1) is 15.0.